The summed E-state index contributed by atoms with van der Waals surface area (Å²) in [4.78, 5) is 4.56. The summed E-state index contributed by atoms with van der Waals surface area (Å²) in [5.74, 6) is 0. The standard InChI is InChI=1S/C18H18BN/c1-4-5-6-13(2)17-12-20-18(11-14(17)3)15-7-9-16(19)10-8-15/h4-12H,1-3H3/b5-4-,13-6+. The van der Waals surface area contributed by atoms with Crippen molar-refractivity contribution in [3.63, 3.8) is 0 Å². The minimum absolute atomic E-state index is 0.771. The van der Waals surface area contributed by atoms with Crippen molar-refractivity contribution in [2.45, 2.75) is 20.8 Å². The van der Waals surface area contributed by atoms with E-state index in [9.17, 15) is 0 Å². The summed E-state index contributed by atoms with van der Waals surface area (Å²) in [6, 6.07) is 9.92. The molecule has 0 bridgehead atoms. The minimum atomic E-state index is 0.771. The Balaban J connectivity index is 2.37. The Morgan fingerprint density at radius 1 is 1.20 bits per heavy atom. The highest BCUT2D eigenvalue weighted by Crippen LogP contribution is 2.23. The van der Waals surface area contributed by atoms with E-state index in [2.05, 4.69) is 31.0 Å². The van der Waals surface area contributed by atoms with Gasteiger partial charge in [-0.25, -0.2) is 0 Å². The van der Waals surface area contributed by atoms with Gasteiger partial charge in [0, 0.05) is 11.8 Å². The van der Waals surface area contributed by atoms with Crippen LogP contribution in [0.15, 0.2) is 54.8 Å². The monoisotopic (exact) mass is 259 g/mol. The third-order valence-electron chi connectivity index (χ3n) is 3.28. The number of nitrogens with zero attached hydrogens (tertiary/aromatic N) is 1. The number of rotatable bonds is 3. The van der Waals surface area contributed by atoms with E-state index in [0.29, 0.717) is 0 Å². The number of allylic oxidation sites excluding steroid dienone is 4. The third kappa shape index (κ3) is 3.27. The molecule has 0 spiro atoms. The average molecular weight is 259 g/mol. The molecule has 2 rings (SSSR count). The summed E-state index contributed by atoms with van der Waals surface area (Å²) < 4.78 is 0. The molecule has 2 heteroatoms. The first-order valence-corrected chi connectivity index (χ1v) is 6.74. The van der Waals surface area contributed by atoms with Crippen LogP contribution in [0.25, 0.3) is 16.8 Å². The van der Waals surface area contributed by atoms with E-state index in [0.717, 1.165) is 16.7 Å². The molecule has 1 aromatic heterocycles. The lowest BCUT2D eigenvalue weighted by atomic mass is 9.94. The number of hydrogen-bond acceptors (Lipinski definition) is 1. The molecular weight excluding hydrogens is 241 g/mol. The molecular formula is C18H18BN. The maximum Gasteiger partial charge on any atom is 0.113 e. The smallest absolute Gasteiger partial charge is 0.113 e. The van der Waals surface area contributed by atoms with Gasteiger partial charge >= 0.3 is 0 Å². The molecule has 0 aliphatic heterocycles. The molecule has 1 nitrogen and oxygen atoms in total. The Morgan fingerprint density at radius 2 is 1.90 bits per heavy atom. The van der Waals surface area contributed by atoms with Crippen molar-refractivity contribution in [3.05, 3.63) is 65.9 Å². The number of hydrogen-bond donors (Lipinski definition) is 0. The number of aromatic nitrogens is 1. The second kappa shape index (κ2) is 6.38. The van der Waals surface area contributed by atoms with E-state index >= 15 is 0 Å². The molecule has 0 aliphatic rings. The molecule has 0 saturated heterocycles. The normalized spacial score (nSPS) is 12.1. The van der Waals surface area contributed by atoms with Gasteiger partial charge in [-0.15, -0.1) is 0 Å². The predicted octanol–water partition coefficient (Wildman–Crippen LogP) is 3.83. The van der Waals surface area contributed by atoms with Crippen LogP contribution in [-0.4, -0.2) is 12.8 Å². The maximum absolute atomic E-state index is 5.71. The third-order valence-corrected chi connectivity index (χ3v) is 3.28. The van der Waals surface area contributed by atoms with Crippen molar-refractivity contribution in [2.75, 3.05) is 0 Å². The predicted molar refractivity (Wildman–Crippen MR) is 88.3 cm³/mol. The van der Waals surface area contributed by atoms with Gasteiger partial charge < -0.3 is 0 Å². The van der Waals surface area contributed by atoms with E-state index in [1.54, 1.807) is 0 Å². The van der Waals surface area contributed by atoms with Gasteiger partial charge in [-0.1, -0.05) is 48.0 Å². The van der Waals surface area contributed by atoms with Crippen molar-refractivity contribution in [2.24, 2.45) is 0 Å². The number of benzene rings is 1. The first-order valence-electron chi connectivity index (χ1n) is 6.74. The maximum atomic E-state index is 5.71. The number of aryl methyl sites for hydroxylation is 1. The molecule has 0 saturated carbocycles. The zero-order chi connectivity index (χ0) is 14.5. The van der Waals surface area contributed by atoms with Gasteiger partial charge in [0.2, 0.25) is 0 Å². The lowest BCUT2D eigenvalue weighted by molar-refractivity contribution is 1.26. The van der Waals surface area contributed by atoms with Crippen LogP contribution in [0.1, 0.15) is 25.0 Å². The van der Waals surface area contributed by atoms with Crippen molar-refractivity contribution in [1.29, 1.82) is 0 Å². The van der Waals surface area contributed by atoms with E-state index < -0.39 is 0 Å². The molecule has 0 fully saturated rings. The second-order valence-electron chi connectivity index (χ2n) is 4.88. The fourth-order valence-electron chi connectivity index (χ4n) is 2.11. The Labute approximate surface area is 122 Å². The Bertz CT molecular complexity index is 652. The first-order chi connectivity index (χ1) is 9.61. The molecule has 98 valence electrons. The van der Waals surface area contributed by atoms with Gasteiger partial charge in [-0.2, -0.15) is 0 Å². The van der Waals surface area contributed by atoms with Crippen LogP contribution in [0.5, 0.6) is 0 Å². The van der Waals surface area contributed by atoms with Gasteiger partial charge in [0.05, 0.1) is 5.69 Å². The molecule has 1 heterocycles. The van der Waals surface area contributed by atoms with Gasteiger partial charge in [0.1, 0.15) is 7.85 Å². The molecule has 0 amide bonds. The highest BCUT2D eigenvalue weighted by Gasteiger charge is 2.04. The highest BCUT2D eigenvalue weighted by atomic mass is 14.7. The van der Waals surface area contributed by atoms with E-state index in [1.165, 1.54) is 16.7 Å². The van der Waals surface area contributed by atoms with Crippen LogP contribution >= 0.6 is 0 Å². The molecule has 2 aromatic rings. The first kappa shape index (κ1) is 14.3. The average Bonchev–Trinajstić information content (AvgIpc) is 2.45. The molecule has 2 radical (unpaired) electrons. The zero-order valence-corrected chi connectivity index (χ0v) is 12.2. The van der Waals surface area contributed by atoms with Crippen molar-refractivity contribution in [3.8, 4) is 11.3 Å². The van der Waals surface area contributed by atoms with E-state index in [4.69, 9.17) is 7.85 Å². The quantitative estimate of drug-likeness (QED) is 0.603. The van der Waals surface area contributed by atoms with Crippen LogP contribution in [0.2, 0.25) is 0 Å². The largest absolute Gasteiger partial charge is 0.256 e. The fourth-order valence-corrected chi connectivity index (χ4v) is 2.11. The topological polar surface area (TPSA) is 12.9 Å². The van der Waals surface area contributed by atoms with Gasteiger partial charge in [-0.3, -0.25) is 4.98 Å². The lowest BCUT2D eigenvalue weighted by Crippen LogP contribution is -2.00. The molecule has 1 aromatic carbocycles. The summed E-state index contributed by atoms with van der Waals surface area (Å²) in [6.07, 6.45) is 8.11. The van der Waals surface area contributed by atoms with Gasteiger partial charge in [-0.05, 0) is 43.5 Å². The summed E-state index contributed by atoms with van der Waals surface area (Å²) >= 11 is 0. The Morgan fingerprint density at radius 3 is 2.50 bits per heavy atom. The van der Waals surface area contributed by atoms with Crippen LogP contribution < -0.4 is 5.46 Å². The zero-order valence-electron chi connectivity index (χ0n) is 12.2. The molecule has 0 atom stereocenters. The van der Waals surface area contributed by atoms with Crippen LogP contribution in [0, 0.1) is 6.92 Å². The fraction of sp³-hybridized carbons (Fsp3) is 0.167. The van der Waals surface area contributed by atoms with Gasteiger partial charge in [0.25, 0.3) is 0 Å². The molecule has 0 N–H and O–H groups in total. The summed E-state index contributed by atoms with van der Waals surface area (Å²) in [7, 11) is 5.71. The molecule has 0 unspecified atom stereocenters. The lowest BCUT2D eigenvalue weighted by Gasteiger charge is -2.08. The summed E-state index contributed by atoms with van der Waals surface area (Å²) in [5.41, 5.74) is 6.46. The summed E-state index contributed by atoms with van der Waals surface area (Å²) in [6.45, 7) is 6.23. The van der Waals surface area contributed by atoms with Crippen molar-refractivity contribution < 1.29 is 0 Å². The molecule has 20 heavy (non-hydrogen) atoms. The van der Waals surface area contributed by atoms with Crippen molar-refractivity contribution >= 4 is 18.9 Å². The minimum Gasteiger partial charge on any atom is -0.256 e. The SMILES string of the molecule is [B]c1ccc(-c2cc(C)c(/C(C)=C/C=C\C)cn2)cc1. The van der Waals surface area contributed by atoms with Crippen LogP contribution in [-0.2, 0) is 0 Å². The van der Waals surface area contributed by atoms with Gasteiger partial charge in [0.15, 0.2) is 0 Å². The Kier molecular flexibility index (Phi) is 4.57. The van der Waals surface area contributed by atoms with Crippen LogP contribution in [0.4, 0.5) is 0 Å². The summed E-state index contributed by atoms with van der Waals surface area (Å²) in [5, 5.41) is 0. The number of pyridine rings is 1. The highest BCUT2D eigenvalue weighted by molar-refractivity contribution is 6.32. The van der Waals surface area contributed by atoms with Crippen molar-refractivity contribution in [1.82, 2.24) is 4.98 Å². The van der Waals surface area contributed by atoms with E-state index in [1.807, 2.05) is 49.5 Å². The van der Waals surface area contributed by atoms with Crippen LogP contribution in [0.3, 0.4) is 0 Å². The Hall–Kier alpha value is -2.09. The van der Waals surface area contributed by atoms with E-state index in [-0.39, 0.29) is 0 Å². The second-order valence-corrected chi connectivity index (χ2v) is 4.88. The molecule has 0 aliphatic carbocycles.